The zero-order valence-corrected chi connectivity index (χ0v) is 9.82. The summed E-state index contributed by atoms with van der Waals surface area (Å²) in [6.45, 7) is 5.59. The summed E-state index contributed by atoms with van der Waals surface area (Å²) >= 11 is 0. The van der Waals surface area contributed by atoms with Crippen LogP contribution in [0.25, 0.3) is 0 Å². The highest BCUT2D eigenvalue weighted by Crippen LogP contribution is 2.26. The summed E-state index contributed by atoms with van der Waals surface area (Å²) in [5.41, 5.74) is 4.89. The van der Waals surface area contributed by atoms with Crippen molar-refractivity contribution in [2.75, 3.05) is 13.2 Å². The summed E-state index contributed by atoms with van der Waals surface area (Å²) in [5.74, 6) is -2.89. The summed E-state index contributed by atoms with van der Waals surface area (Å²) in [4.78, 5) is 0. The Kier molecular flexibility index (Phi) is 5.25. The van der Waals surface area contributed by atoms with Gasteiger partial charge in [0.15, 0.2) is 0 Å². The van der Waals surface area contributed by atoms with E-state index in [1.807, 2.05) is 20.8 Å². The Morgan fingerprint density at radius 1 is 1.31 bits per heavy atom. The molecule has 0 fully saturated rings. The second kappa shape index (κ2) is 5.52. The van der Waals surface area contributed by atoms with Gasteiger partial charge >= 0.3 is 6.18 Å². The van der Waals surface area contributed by atoms with Gasteiger partial charge in [-0.3, -0.25) is 5.41 Å². The van der Waals surface area contributed by atoms with Crippen LogP contribution >= 0.6 is 0 Å². The van der Waals surface area contributed by atoms with Gasteiger partial charge in [-0.2, -0.15) is 13.2 Å². The molecule has 1 atom stereocenters. The number of rotatable bonds is 5. The zero-order chi connectivity index (χ0) is 13.0. The molecule has 1 unspecified atom stereocenters. The lowest BCUT2D eigenvalue weighted by atomic mass is 9.93. The highest BCUT2D eigenvalue weighted by molar-refractivity contribution is 5.80. The SMILES string of the molecule is CC(C)(C)CCOCC(C(=N)N)C(F)(F)F. The van der Waals surface area contributed by atoms with E-state index in [2.05, 4.69) is 0 Å². The lowest BCUT2D eigenvalue weighted by molar-refractivity contribution is -0.168. The van der Waals surface area contributed by atoms with Crippen molar-refractivity contribution in [3.8, 4) is 0 Å². The smallest absolute Gasteiger partial charge is 0.387 e. The number of ether oxygens (including phenoxy) is 1. The average molecular weight is 240 g/mol. The van der Waals surface area contributed by atoms with Crippen molar-refractivity contribution in [1.82, 2.24) is 0 Å². The molecule has 0 aliphatic heterocycles. The summed E-state index contributed by atoms with van der Waals surface area (Å²) in [5, 5.41) is 6.84. The molecule has 0 aromatic heterocycles. The minimum Gasteiger partial charge on any atom is -0.387 e. The average Bonchev–Trinajstić information content (AvgIpc) is 1.97. The first-order valence-corrected chi connectivity index (χ1v) is 5.02. The Bertz CT molecular complexity index is 233. The molecule has 0 aliphatic carbocycles. The fourth-order valence-corrected chi connectivity index (χ4v) is 0.940. The van der Waals surface area contributed by atoms with Crippen LogP contribution in [0.5, 0.6) is 0 Å². The Morgan fingerprint density at radius 3 is 2.12 bits per heavy atom. The number of hydrogen-bond donors (Lipinski definition) is 2. The van der Waals surface area contributed by atoms with E-state index in [-0.39, 0.29) is 12.0 Å². The van der Waals surface area contributed by atoms with E-state index >= 15 is 0 Å². The molecule has 0 radical (unpaired) electrons. The van der Waals surface area contributed by atoms with Crippen molar-refractivity contribution in [3.63, 3.8) is 0 Å². The molecule has 96 valence electrons. The van der Waals surface area contributed by atoms with Crippen LogP contribution in [0.15, 0.2) is 0 Å². The van der Waals surface area contributed by atoms with Gasteiger partial charge in [0.25, 0.3) is 0 Å². The van der Waals surface area contributed by atoms with Crippen molar-refractivity contribution in [2.24, 2.45) is 17.1 Å². The third-order valence-corrected chi connectivity index (χ3v) is 2.05. The maximum atomic E-state index is 12.3. The minimum atomic E-state index is -4.51. The molecular weight excluding hydrogens is 221 g/mol. The van der Waals surface area contributed by atoms with Gasteiger partial charge in [0, 0.05) is 6.61 Å². The largest absolute Gasteiger partial charge is 0.400 e. The van der Waals surface area contributed by atoms with Crippen LogP contribution < -0.4 is 5.73 Å². The van der Waals surface area contributed by atoms with Crippen LogP contribution in [0.4, 0.5) is 13.2 Å². The number of nitrogens with one attached hydrogen (secondary N) is 1. The molecule has 0 amide bonds. The van der Waals surface area contributed by atoms with Crippen molar-refractivity contribution in [1.29, 1.82) is 5.41 Å². The van der Waals surface area contributed by atoms with Crippen LogP contribution in [0.2, 0.25) is 0 Å². The first-order chi connectivity index (χ1) is 7.04. The summed E-state index contributed by atoms with van der Waals surface area (Å²) in [6, 6.07) is 0. The molecule has 6 heteroatoms. The minimum absolute atomic E-state index is 0.0178. The van der Waals surface area contributed by atoms with Crippen molar-refractivity contribution >= 4 is 5.84 Å². The van der Waals surface area contributed by atoms with Crippen molar-refractivity contribution in [2.45, 2.75) is 33.4 Å². The highest BCUT2D eigenvalue weighted by atomic mass is 19.4. The quantitative estimate of drug-likeness (QED) is 0.441. The van der Waals surface area contributed by atoms with E-state index in [9.17, 15) is 13.2 Å². The summed E-state index contributed by atoms with van der Waals surface area (Å²) < 4.78 is 41.9. The van der Waals surface area contributed by atoms with E-state index in [4.69, 9.17) is 15.9 Å². The number of alkyl halides is 3. The van der Waals surface area contributed by atoms with E-state index < -0.39 is 24.5 Å². The van der Waals surface area contributed by atoms with E-state index in [1.54, 1.807) is 0 Å². The number of amidine groups is 1. The number of halogens is 3. The van der Waals surface area contributed by atoms with E-state index in [0.29, 0.717) is 6.42 Å². The third-order valence-electron chi connectivity index (χ3n) is 2.05. The molecule has 0 aromatic rings. The predicted octanol–water partition coefficient (Wildman–Crippen LogP) is 2.55. The monoisotopic (exact) mass is 240 g/mol. The summed E-state index contributed by atoms with van der Waals surface area (Å²) in [7, 11) is 0. The Morgan fingerprint density at radius 2 is 1.81 bits per heavy atom. The van der Waals surface area contributed by atoms with Gasteiger partial charge in [0.1, 0.15) is 11.8 Å². The molecule has 0 saturated heterocycles. The molecule has 3 N–H and O–H groups in total. The molecule has 3 nitrogen and oxygen atoms in total. The molecule has 0 bridgehead atoms. The normalized spacial score (nSPS) is 14.9. The molecule has 0 aromatic carbocycles. The Hall–Kier alpha value is -0.780. The lowest BCUT2D eigenvalue weighted by Crippen LogP contribution is -2.38. The second-order valence-electron chi connectivity index (χ2n) is 4.94. The molecule has 16 heavy (non-hydrogen) atoms. The van der Waals surface area contributed by atoms with Crippen molar-refractivity contribution in [3.05, 3.63) is 0 Å². The molecule has 0 rings (SSSR count). The van der Waals surface area contributed by atoms with Crippen LogP contribution in [-0.2, 0) is 4.74 Å². The third kappa shape index (κ3) is 6.66. The van der Waals surface area contributed by atoms with Crippen molar-refractivity contribution < 1.29 is 17.9 Å². The maximum Gasteiger partial charge on any atom is 0.400 e. The Balaban J connectivity index is 4.02. The van der Waals surface area contributed by atoms with Gasteiger partial charge < -0.3 is 10.5 Å². The summed E-state index contributed by atoms with van der Waals surface area (Å²) in [6.07, 6.45) is -3.84. The van der Waals surface area contributed by atoms with Crippen LogP contribution in [-0.4, -0.2) is 25.2 Å². The molecule has 0 saturated carbocycles. The fraction of sp³-hybridized carbons (Fsp3) is 0.900. The first kappa shape index (κ1) is 15.2. The van der Waals surface area contributed by atoms with Crippen LogP contribution in [0, 0.1) is 16.7 Å². The topological polar surface area (TPSA) is 59.1 Å². The number of hydrogen-bond acceptors (Lipinski definition) is 2. The van der Waals surface area contributed by atoms with Gasteiger partial charge in [-0.1, -0.05) is 20.8 Å². The van der Waals surface area contributed by atoms with Crippen LogP contribution in [0.1, 0.15) is 27.2 Å². The van der Waals surface area contributed by atoms with E-state index in [0.717, 1.165) is 0 Å². The first-order valence-electron chi connectivity index (χ1n) is 5.02. The van der Waals surface area contributed by atoms with Gasteiger partial charge in [-0.25, -0.2) is 0 Å². The van der Waals surface area contributed by atoms with E-state index in [1.165, 1.54) is 0 Å². The van der Waals surface area contributed by atoms with Gasteiger partial charge in [0.2, 0.25) is 0 Å². The molecule has 0 heterocycles. The second-order valence-corrected chi connectivity index (χ2v) is 4.94. The zero-order valence-electron chi connectivity index (χ0n) is 9.82. The Labute approximate surface area is 93.7 Å². The standard InChI is InChI=1S/C10H19F3N2O/c1-9(2,3)4-5-16-6-7(8(14)15)10(11,12)13/h7H,4-6H2,1-3H3,(H3,14,15). The number of nitrogens with two attached hydrogens (primary N) is 1. The highest BCUT2D eigenvalue weighted by Gasteiger charge is 2.42. The molecular formula is C10H19F3N2O. The van der Waals surface area contributed by atoms with Gasteiger partial charge in [-0.05, 0) is 11.8 Å². The van der Waals surface area contributed by atoms with Gasteiger partial charge in [0.05, 0.1) is 6.61 Å². The molecule has 0 spiro atoms. The maximum absolute atomic E-state index is 12.3. The molecule has 0 aliphatic rings. The lowest BCUT2D eigenvalue weighted by Gasteiger charge is -2.21. The van der Waals surface area contributed by atoms with Crippen LogP contribution in [0.3, 0.4) is 0 Å². The predicted molar refractivity (Wildman–Crippen MR) is 56.4 cm³/mol. The fourth-order valence-electron chi connectivity index (χ4n) is 0.940. The van der Waals surface area contributed by atoms with Gasteiger partial charge in [-0.15, -0.1) is 0 Å².